The van der Waals surface area contributed by atoms with Gasteiger partial charge in [-0.2, -0.15) is 0 Å². The van der Waals surface area contributed by atoms with Gasteiger partial charge in [-0.1, -0.05) is 139 Å². The summed E-state index contributed by atoms with van der Waals surface area (Å²) in [6, 6.07) is 34.2. The number of benzene rings is 5. The van der Waals surface area contributed by atoms with Crippen molar-refractivity contribution in [2.45, 2.75) is 93.9 Å². The van der Waals surface area contributed by atoms with Crippen molar-refractivity contribution < 1.29 is 0 Å². The van der Waals surface area contributed by atoms with Crippen molar-refractivity contribution in [2.24, 2.45) is 0 Å². The third kappa shape index (κ3) is 7.97. The normalized spacial score (nSPS) is 13.4. The largest absolute Gasteiger partial charge is 0.0836 e. The summed E-state index contributed by atoms with van der Waals surface area (Å²) >= 11 is 0. The fraction of sp³-hybridized carbons (Fsp3) is 0.304. The summed E-state index contributed by atoms with van der Waals surface area (Å²) < 4.78 is 0. The van der Waals surface area contributed by atoms with Gasteiger partial charge in [0.05, 0.1) is 0 Å². The molecule has 0 amide bonds. The predicted molar refractivity (Wildman–Crippen MR) is 208 cm³/mol. The molecule has 0 aromatic heterocycles. The molecule has 0 spiro atoms. The van der Waals surface area contributed by atoms with Gasteiger partial charge in [-0.05, 0) is 141 Å². The third-order valence-electron chi connectivity index (χ3n) is 9.02. The van der Waals surface area contributed by atoms with Crippen LogP contribution in [0.2, 0.25) is 0 Å². The summed E-state index contributed by atoms with van der Waals surface area (Å²) in [5, 5.41) is 5.21. The van der Waals surface area contributed by atoms with Gasteiger partial charge in [0, 0.05) is 0 Å². The lowest BCUT2D eigenvalue weighted by Gasteiger charge is -2.21. The molecule has 0 saturated carbocycles. The SMILES string of the molecule is CC.CC.CCCC.Cc1ccccc1-c1cc(-c2ccc3cc4cc(C5=CC6=C(CCC=C6)CC5)ccc4cc3c2)ccc1C. The van der Waals surface area contributed by atoms with E-state index in [1.165, 1.54) is 104 Å². The molecule has 0 nitrogen and oxygen atoms in total. The molecule has 0 bridgehead atoms. The second-order valence-electron chi connectivity index (χ2n) is 12.0. The number of hydrogen-bond donors (Lipinski definition) is 0. The maximum atomic E-state index is 2.43. The smallest absolute Gasteiger partial charge is 0.0146 e. The Bertz CT molecular complexity index is 1860. The van der Waals surface area contributed by atoms with E-state index in [9.17, 15) is 0 Å². The lowest BCUT2D eigenvalue weighted by Crippen LogP contribution is -2.01. The number of allylic oxidation sites excluding steroid dienone is 6. The number of hydrogen-bond acceptors (Lipinski definition) is 0. The molecule has 238 valence electrons. The number of unbranched alkanes of at least 4 members (excludes halogenated alkanes) is 1. The minimum atomic E-state index is 1.15. The van der Waals surface area contributed by atoms with Crippen molar-refractivity contribution in [3.8, 4) is 22.3 Å². The Morgan fingerprint density at radius 1 is 0.522 bits per heavy atom. The lowest BCUT2D eigenvalue weighted by molar-refractivity contribution is 0.838. The monoisotopic (exact) mass is 606 g/mol. The molecule has 0 unspecified atom stereocenters. The zero-order valence-corrected chi connectivity index (χ0v) is 29.6. The molecule has 2 aliphatic rings. The van der Waals surface area contributed by atoms with Crippen LogP contribution in [0.15, 0.2) is 120 Å². The molecule has 0 aliphatic heterocycles. The summed E-state index contributed by atoms with van der Waals surface area (Å²) in [5.41, 5.74) is 13.7. The standard InChI is InChI=1S/C38H32.C4H10.2C2H6/c1-25-7-3-6-10-37(25)38-24-34(12-11-26(38)2)31-16-18-33-22-35-20-30(15-17-32(35)23-36(33)21-31)29-14-13-27-8-4-5-9-28(27)19-29;1-3-4-2;2*1-2/h3,5-7,9-12,15-24H,4,8,13-14H2,1-2H3;3-4H2,1-2H3;2*1-2H3. The molecular weight excluding hydrogens is 553 g/mol. The van der Waals surface area contributed by atoms with E-state index in [-0.39, 0.29) is 0 Å². The van der Waals surface area contributed by atoms with Crippen molar-refractivity contribution >= 4 is 27.1 Å². The lowest BCUT2D eigenvalue weighted by atomic mass is 9.84. The zero-order valence-electron chi connectivity index (χ0n) is 29.6. The van der Waals surface area contributed by atoms with Crippen LogP contribution in [0.3, 0.4) is 0 Å². The van der Waals surface area contributed by atoms with E-state index in [4.69, 9.17) is 0 Å². The quantitative estimate of drug-likeness (QED) is 0.179. The van der Waals surface area contributed by atoms with Crippen LogP contribution in [0.5, 0.6) is 0 Å². The van der Waals surface area contributed by atoms with Crippen LogP contribution in [0.4, 0.5) is 0 Å². The second kappa shape index (κ2) is 17.0. The summed E-state index contributed by atoms with van der Waals surface area (Å²) in [6.07, 6.45) is 14.5. The van der Waals surface area contributed by atoms with Crippen LogP contribution >= 0.6 is 0 Å². The molecule has 46 heavy (non-hydrogen) atoms. The van der Waals surface area contributed by atoms with Crippen molar-refractivity contribution in [3.05, 3.63) is 137 Å². The van der Waals surface area contributed by atoms with Gasteiger partial charge in [0.15, 0.2) is 0 Å². The van der Waals surface area contributed by atoms with Gasteiger partial charge >= 0.3 is 0 Å². The highest BCUT2D eigenvalue weighted by molar-refractivity contribution is 6.01. The Morgan fingerprint density at radius 3 is 1.78 bits per heavy atom. The fourth-order valence-electron chi connectivity index (χ4n) is 6.27. The van der Waals surface area contributed by atoms with Gasteiger partial charge in [-0.3, -0.25) is 0 Å². The fourth-order valence-corrected chi connectivity index (χ4v) is 6.27. The summed E-state index contributed by atoms with van der Waals surface area (Å²) in [7, 11) is 0. The summed E-state index contributed by atoms with van der Waals surface area (Å²) in [6.45, 7) is 16.8. The minimum Gasteiger partial charge on any atom is -0.0836 e. The first-order valence-corrected chi connectivity index (χ1v) is 17.8. The molecule has 0 heteroatoms. The molecule has 0 fully saturated rings. The Kier molecular flexibility index (Phi) is 12.8. The first-order valence-electron chi connectivity index (χ1n) is 17.8. The molecular formula is C46H54. The van der Waals surface area contributed by atoms with Gasteiger partial charge in [-0.15, -0.1) is 0 Å². The number of rotatable bonds is 4. The molecule has 0 N–H and O–H groups in total. The Labute approximate surface area is 279 Å². The van der Waals surface area contributed by atoms with E-state index >= 15 is 0 Å². The first-order chi connectivity index (χ1) is 22.5. The average molecular weight is 607 g/mol. The predicted octanol–water partition coefficient (Wildman–Crippen LogP) is 14.6. The van der Waals surface area contributed by atoms with Crippen LogP contribution < -0.4 is 0 Å². The van der Waals surface area contributed by atoms with Crippen molar-refractivity contribution in [2.75, 3.05) is 0 Å². The average Bonchev–Trinajstić information content (AvgIpc) is 3.12. The Hall–Kier alpha value is -4.16. The van der Waals surface area contributed by atoms with Crippen LogP contribution in [-0.4, -0.2) is 0 Å². The summed E-state index contributed by atoms with van der Waals surface area (Å²) in [4.78, 5) is 0. The minimum absolute atomic E-state index is 1.15. The summed E-state index contributed by atoms with van der Waals surface area (Å²) in [5.74, 6) is 0. The van der Waals surface area contributed by atoms with Gasteiger partial charge in [0.1, 0.15) is 0 Å². The highest BCUT2D eigenvalue weighted by Crippen LogP contribution is 2.37. The van der Waals surface area contributed by atoms with Crippen molar-refractivity contribution in [3.63, 3.8) is 0 Å². The maximum Gasteiger partial charge on any atom is -0.0146 e. The van der Waals surface area contributed by atoms with Gasteiger partial charge < -0.3 is 0 Å². The van der Waals surface area contributed by atoms with E-state index in [1.807, 2.05) is 27.7 Å². The van der Waals surface area contributed by atoms with E-state index in [1.54, 1.807) is 5.57 Å². The maximum absolute atomic E-state index is 2.43. The number of aryl methyl sites for hydroxylation is 2. The highest BCUT2D eigenvalue weighted by atomic mass is 14.2. The van der Waals surface area contributed by atoms with Crippen LogP contribution in [0, 0.1) is 13.8 Å². The second-order valence-corrected chi connectivity index (χ2v) is 12.0. The van der Waals surface area contributed by atoms with E-state index in [2.05, 4.69) is 137 Å². The van der Waals surface area contributed by atoms with E-state index in [0.29, 0.717) is 0 Å². The topological polar surface area (TPSA) is 0 Å². The van der Waals surface area contributed by atoms with Crippen LogP contribution in [0.1, 0.15) is 96.8 Å². The van der Waals surface area contributed by atoms with Crippen molar-refractivity contribution in [1.29, 1.82) is 0 Å². The molecule has 0 saturated heterocycles. The zero-order chi connectivity index (χ0) is 33.1. The van der Waals surface area contributed by atoms with Crippen LogP contribution in [-0.2, 0) is 0 Å². The first kappa shape index (κ1) is 34.7. The van der Waals surface area contributed by atoms with Gasteiger partial charge in [0.25, 0.3) is 0 Å². The van der Waals surface area contributed by atoms with Gasteiger partial charge in [-0.25, -0.2) is 0 Å². The van der Waals surface area contributed by atoms with E-state index < -0.39 is 0 Å². The number of fused-ring (bicyclic) bond motifs is 2. The molecule has 5 aromatic rings. The van der Waals surface area contributed by atoms with Crippen LogP contribution in [0.25, 0.3) is 49.4 Å². The molecule has 2 aliphatic carbocycles. The van der Waals surface area contributed by atoms with Crippen molar-refractivity contribution in [1.82, 2.24) is 0 Å². The third-order valence-corrected chi connectivity index (χ3v) is 9.02. The molecule has 7 rings (SSSR count). The Balaban J connectivity index is 0.000000550. The van der Waals surface area contributed by atoms with E-state index in [0.717, 1.165) is 6.42 Å². The molecule has 0 atom stereocenters. The molecule has 5 aromatic carbocycles. The molecule has 0 radical (unpaired) electrons. The highest BCUT2D eigenvalue weighted by Gasteiger charge is 2.15. The van der Waals surface area contributed by atoms with Gasteiger partial charge in [0.2, 0.25) is 0 Å². The molecule has 0 heterocycles. The Morgan fingerprint density at radius 2 is 1.11 bits per heavy atom.